The Kier molecular flexibility index (Phi) is 6.35. The van der Waals surface area contributed by atoms with E-state index < -0.39 is 0 Å². The number of hydrogen-bond acceptors (Lipinski definition) is 5. The molecule has 0 bridgehead atoms. The zero-order chi connectivity index (χ0) is 18.4. The molecule has 26 heavy (non-hydrogen) atoms. The monoisotopic (exact) mass is 357 g/mol. The second-order valence-corrected chi connectivity index (χ2v) is 6.71. The minimum atomic E-state index is -0.180. The third kappa shape index (κ3) is 4.68. The van der Waals surface area contributed by atoms with Crippen LogP contribution in [-0.4, -0.2) is 50.1 Å². The fourth-order valence-corrected chi connectivity index (χ4v) is 3.48. The van der Waals surface area contributed by atoms with Gasteiger partial charge in [-0.3, -0.25) is 9.69 Å². The van der Waals surface area contributed by atoms with Gasteiger partial charge >= 0.3 is 0 Å². The van der Waals surface area contributed by atoms with Gasteiger partial charge in [-0.05, 0) is 50.4 Å². The molecule has 1 aliphatic heterocycles. The van der Waals surface area contributed by atoms with Crippen molar-refractivity contribution < 1.29 is 9.90 Å². The number of anilines is 1. The van der Waals surface area contributed by atoms with Crippen LogP contribution in [0.2, 0.25) is 0 Å². The molecule has 0 aliphatic carbocycles. The maximum atomic E-state index is 12.5. The maximum Gasteiger partial charge on any atom is 0.256 e. The summed E-state index contributed by atoms with van der Waals surface area (Å²) in [6.07, 6.45) is 5.91. The van der Waals surface area contributed by atoms with Crippen molar-refractivity contribution in [3.05, 3.63) is 41.6 Å². The van der Waals surface area contributed by atoms with Crippen LogP contribution in [-0.2, 0) is 13.1 Å². The predicted molar refractivity (Wildman–Crippen MR) is 99.8 cm³/mol. The highest BCUT2D eigenvalue weighted by atomic mass is 16.3. The molecule has 0 spiro atoms. The summed E-state index contributed by atoms with van der Waals surface area (Å²) in [6, 6.07) is 8.14. The summed E-state index contributed by atoms with van der Waals surface area (Å²) < 4.78 is 0. The minimum Gasteiger partial charge on any atom is -0.396 e. The number of carbonyl (C=O) groups excluding carboxylic acids is 1. The van der Waals surface area contributed by atoms with E-state index in [9.17, 15) is 9.90 Å². The van der Waals surface area contributed by atoms with E-state index in [1.807, 2.05) is 25.1 Å². The first-order chi connectivity index (χ1) is 12.7. The number of rotatable bonds is 7. The Morgan fingerprint density at radius 1 is 1.38 bits per heavy atom. The van der Waals surface area contributed by atoms with Gasteiger partial charge in [-0.2, -0.15) is 9.90 Å². The molecule has 140 valence electrons. The molecule has 1 atom stereocenters. The van der Waals surface area contributed by atoms with Gasteiger partial charge in [0.25, 0.3) is 5.91 Å². The summed E-state index contributed by atoms with van der Waals surface area (Å²) in [6.45, 7) is 4.68. The van der Waals surface area contributed by atoms with Crippen LogP contribution in [0.25, 0.3) is 0 Å². The molecule has 0 saturated carbocycles. The number of hydrogen-bond donors (Lipinski definition) is 2. The Morgan fingerprint density at radius 2 is 2.27 bits per heavy atom. The molecular weight excluding hydrogens is 330 g/mol. The summed E-state index contributed by atoms with van der Waals surface area (Å²) in [4.78, 5) is 16.4. The fraction of sp³-hybridized carbons (Fsp3) is 0.526. The van der Waals surface area contributed by atoms with Crippen molar-refractivity contribution in [2.45, 2.75) is 51.7 Å². The number of aromatic nitrogens is 3. The van der Waals surface area contributed by atoms with Crippen LogP contribution in [0.3, 0.4) is 0 Å². The van der Waals surface area contributed by atoms with Crippen LogP contribution in [0.4, 0.5) is 5.82 Å². The van der Waals surface area contributed by atoms with Gasteiger partial charge in [0.2, 0.25) is 0 Å². The smallest absolute Gasteiger partial charge is 0.256 e. The SMILES string of the molecule is CCn1ncc(NC(=O)c2cccc(CN3CCCC[C@@H]3CCO)c2)n1. The Hall–Kier alpha value is -2.25. The van der Waals surface area contributed by atoms with Crippen molar-refractivity contribution in [2.24, 2.45) is 0 Å². The summed E-state index contributed by atoms with van der Waals surface area (Å²) in [5.74, 6) is 0.279. The number of aliphatic hydroxyl groups excluding tert-OH is 1. The number of nitrogens with zero attached hydrogens (tertiary/aromatic N) is 4. The van der Waals surface area contributed by atoms with Crippen LogP contribution in [0.1, 0.15) is 48.5 Å². The molecule has 1 aromatic heterocycles. The van der Waals surface area contributed by atoms with Crippen molar-refractivity contribution in [2.75, 3.05) is 18.5 Å². The maximum absolute atomic E-state index is 12.5. The van der Waals surface area contributed by atoms with E-state index >= 15 is 0 Å². The lowest BCUT2D eigenvalue weighted by atomic mass is 9.98. The first kappa shape index (κ1) is 18.5. The quantitative estimate of drug-likeness (QED) is 0.794. The molecule has 2 N–H and O–H groups in total. The Morgan fingerprint density at radius 3 is 3.04 bits per heavy atom. The van der Waals surface area contributed by atoms with Gasteiger partial charge in [-0.15, -0.1) is 5.10 Å². The zero-order valence-corrected chi connectivity index (χ0v) is 15.3. The van der Waals surface area contributed by atoms with Crippen molar-refractivity contribution in [1.29, 1.82) is 0 Å². The molecule has 3 rings (SSSR count). The zero-order valence-electron chi connectivity index (χ0n) is 15.3. The van der Waals surface area contributed by atoms with Gasteiger partial charge in [0.1, 0.15) is 0 Å². The molecule has 1 aliphatic rings. The van der Waals surface area contributed by atoms with E-state index in [2.05, 4.69) is 26.5 Å². The van der Waals surface area contributed by atoms with Gasteiger partial charge in [-0.1, -0.05) is 18.6 Å². The number of aryl methyl sites for hydroxylation is 1. The molecule has 2 heterocycles. The first-order valence-electron chi connectivity index (χ1n) is 9.35. The number of piperidine rings is 1. The molecule has 0 radical (unpaired) electrons. The normalized spacial score (nSPS) is 18.0. The van der Waals surface area contributed by atoms with Crippen LogP contribution in [0.15, 0.2) is 30.5 Å². The number of carbonyl (C=O) groups is 1. The van der Waals surface area contributed by atoms with Crippen LogP contribution < -0.4 is 5.32 Å². The number of likely N-dealkylation sites (tertiary alicyclic amines) is 1. The molecule has 1 aromatic carbocycles. The third-order valence-electron chi connectivity index (χ3n) is 4.85. The van der Waals surface area contributed by atoms with Gasteiger partial charge in [0.05, 0.1) is 12.7 Å². The van der Waals surface area contributed by atoms with E-state index in [4.69, 9.17) is 0 Å². The molecule has 1 amide bonds. The highest BCUT2D eigenvalue weighted by Gasteiger charge is 2.22. The van der Waals surface area contributed by atoms with Crippen molar-refractivity contribution in [1.82, 2.24) is 19.9 Å². The largest absolute Gasteiger partial charge is 0.396 e. The molecule has 2 aromatic rings. The molecule has 7 nitrogen and oxygen atoms in total. The van der Waals surface area contributed by atoms with Gasteiger partial charge in [0.15, 0.2) is 5.82 Å². The van der Waals surface area contributed by atoms with Crippen LogP contribution in [0, 0.1) is 0 Å². The predicted octanol–water partition coefficient (Wildman–Crippen LogP) is 2.29. The third-order valence-corrected chi connectivity index (χ3v) is 4.85. The molecule has 0 unspecified atom stereocenters. The van der Waals surface area contributed by atoms with Crippen LogP contribution >= 0.6 is 0 Å². The van der Waals surface area contributed by atoms with E-state index in [0.717, 1.165) is 31.5 Å². The second kappa shape index (κ2) is 8.91. The molecular formula is C19H27N5O2. The Bertz CT molecular complexity index is 728. The van der Waals surface area contributed by atoms with E-state index in [-0.39, 0.29) is 12.5 Å². The lowest BCUT2D eigenvalue weighted by Crippen LogP contribution is -2.39. The topological polar surface area (TPSA) is 83.3 Å². The number of benzene rings is 1. The van der Waals surface area contributed by atoms with Crippen molar-refractivity contribution in [3.8, 4) is 0 Å². The summed E-state index contributed by atoms with van der Waals surface area (Å²) in [5.41, 5.74) is 1.73. The fourth-order valence-electron chi connectivity index (χ4n) is 3.48. The highest BCUT2D eigenvalue weighted by Crippen LogP contribution is 2.22. The van der Waals surface area contributed by atoms with Crippen LogP contribution in [0.5, 0.6) is 0 Å². The molecule has 1 fully saturated rings. The number of amides is 1. The lowest BCUT2D eigenvalue weighted by Gasteiger charge is -2.35. The van der Waals surface area contributed by atoms with E-state index in [1.165, 1.54) is 17.6 Å². The van der Waals surface area contributed by atoms with E-state index in [0.29, 0.717) is 24.0 Å². The summed E-state index contributed by atoms with van der Waals surface area (Å²) >= 11 is 0. The van der Waals surface area contributed by atoms with Gasteiger partial charge in [-0.25, -0.2) is 0 Å². The summed E-state index contributed by atoms with van der Waals surface area (Å²) in [7, 11) is 0. The standard InChI is InChI=1S/C19H27N5O2/c1-2-24-20-13-18(22-24)21-19(26)16-7-5-6-15(12-16)14-23-10-4-3-8-17(23)9-11-25/h5-7,12-13,17,25H,2-4,8-11,14H2,1H3,(H,21,22,26)/t17-/m1/s1. The summed E-state index contributed by atoms with van der Waals surface area (Å²) in [5, 5.41) is 20.3. The first-order valence-corrected chi connectivity index (χ1v) is 9.35. The highest BCUT2D eigenvalue weighted by molar-refractivity contribution is 6.03. The van der Waals surface area contributed by atoms with Crippen molar-refractivity contribution >= 4 is 11.7 Å². The van der Waals surface area contributed by atoms with Gasteiger partial charge in [0, 0.05) is 24.8 Å². The Labute approximate surface area is 154 Å². The Balaban J connectivity index is 1.66. The van der Waals surface area contributed by atoms with Gasteiger partial charge < -0.3 is 10.4 Å². The van der Waals surface area contributed by atoms with Crippen molar-refractivity contribution in [3.63, 3.8) is 0 Å². The average molecular weight is 357 g/mol. The number of aliphatic hydroxyl groups is 1. The number of nitrogens with one attached hydrogen (secondary N) is 1. The molecule has 7 heteroatoms. The lowest BCUT2D eigenvalue weighted by molar-refractivity contribution is 0.102. The van der Waals surface area contributed by atoms with E-state index in [1.54, 1.807) is 6.20 Å². The average Bonchev–Trinajstić information content (AvgIpc) is 3.11. The minimum absolute atomic E-state index is 0.180. The molecule has 1 saturated heterocycles. The second-order valence-electron chi connectivity index (χ2n) is 6.71.